The minimum Gasteiger partial charge on any atom is -0.376 e. The number of nitrogens with one attached hydrogen (secondary N) is 2. The largest absolute Gasteiger partial charge is 0.376 e. The predicted octanol–water partition coefficient (Wildman–Crippen LogP) is 3.37. The molecule has 2 aromatic carbocycles. The van der Waals surface area contributed by atoms with Crippen molar-refractivity contribution in [1.29, 1.82) is 0 Å². The molecular weight excluding hydrogens is 302 g/mol. The van der Waals surface area contributed by atoms with Crippen LogP contribution in [0.5, 0.6) is 0 Å². The van der Waals surface area contributed by atoms with Crippen molar-refractivity contribution >= 4 is 34.7 Å². The topological polar surface area (TPSA) is 84.3 Å². The summed E-state index contributed by atoms with van der Waals surface area (Å²) in [6, 6.07) is 13.6. The number of amides is 1. The Hall–Kier alpha value is -2.54. The summed E-state index contributed by atoms with van der Waals surface area (Å²) < 4.78 is 0. The van der Waals surface area contributed by atoms with Crippen LogP contribution in [0.15, 0.2) is 53.4 Å². The van der Waals surface area contributed by atoms with Gasteiger partial charge in [0.1, 0.15) is 0 Å². The number of para-hydroxylation sites is 1. The van der Waals surface area contributed by atoms with Crippen molar-refractivity contribution in [1.82, 2.24) is 0 Å². The van der Waals surface area contributed by atoms with E-state index in [-0.39, 0.29) is 18.1 Å². The average Bonchev–Trinajstić information content (AvgIpc) is 2.53. The second kappa shape index (κ2) is 7.46. The normalized spacial score (nSPS) is 10.0. The molecule has 114 valence electrons. The first-order valence-electron chi connectivity index (χ1n) is 6.51. The molecule has 0 heterocycles. The molecule has 0 saturated carbocycles. The lowest BCUT2D eigenvalue weighted by Gasteiger charge is -2.10. The van der Waals surface area contributed by atoms with Crippen LogP contribution >= 0.6 is 11.8 Å². The number of non-ortho nitro benzene ring substituents is 1. The third-order valence-electron chi connectivity index (χ3n) is 2.89. The summed E-state index contributed by atoms with van der Waals surface area (Å²) in [6.07, 6.45) is 1.94. The van der Waals surface area contributed by atoms with Gasteiger partial charge in [-0.3, -0.25) is 14.9 Å². The number of thioether (sulfide) groups is 1. The fraction of sp³-hybridized carbons (Fsp3) is 0.133. The van der Waals surface area contributed by atoms with E-state index in [1.807, 2.05) is 30.5 Å². The van der Waals surface area contributed by atoms with Gasteiger partial charge in [-0.15, -0.1) is 11.8 Å². The number of nitrogens with zero attached hydrogens (tertiary/aromatic N) is 1. The number of nitro groups is 1. The minimum absolute atomic E-state index is 0.0156. The minimum atomic E-state index is -0.472. The Labute approximate surface area is 132 Å². The van der Waals surface area contributed by atoms with E-state index in [0.29, 0.717) is 5.69 Å². The zero-order valence-electron chi connectivity index (χ0n) is 11.9. The Bertz CT molecular complexity index is 691. The Kier molecular flexibility index (Phi) is 5.37. The molecule has 0 fully saturated rings. The van der Waals surface area contributed by atoms with E-state index in [1.165, 1.54) is 12.1 Å². The molecule has 0 aliphatic rings. The Balaban J connectivity index is 1.95. The smallest absolute Gasteiger partial charge is 0.271 e. The van der Waals surface area contributed by atoms with E-state index in [9.17, 15) is 14.9 Å². The molecule has 6 nitrogen and oxygen atoms in total. The number of carbonyl (C=O) groups excluding carboxylic acids is 1. The van der Waals surface area contributed by atoms with Gasteiger partial charge >= 0.3 is 0 Å². The van der Waals surface area contributed by atoms with E-state index in [0.717, 1.165) is 10.6 Å². The van der Waals surface area contributed by atoms with E-state index in [2.05, 4.69) is 10.6 Å². The molecule has 0 bridgehead atoms. The first-order chi connectivity index (χ1) is 10.6. The molecule has 0 saturated heterocycles. The first kappa shape index (κ1) is 15.8. The lowest BCUT2D eigenvalue weighted by molar-refractivity contribution is -0.384. The number of hydrogen-bond acceptors (Lipinski definition) is 5. The van der Waals surface area contributed by atoms with Crippen LogP contribution < -0.4 is 10.6 Å². The summed E-state index contributed by atoms with van der Waals surface area (Å²) in [4.78, 5) is 23.2. The van der Waals surface area contributed by atoms with Gasteiger partial charge in [0.15, 0.2) is 0 Å². The highest BCUT2D eigenvalue weighted by atomic mass is 32.2. The fourth-order valence-corrected chi connectivity index (χ4v) is 2.41. The van der Waals surface area contributed by atoms with Gasteiger partial charge in [-0.25, -0.2) is 0 Å². The van der Waals surface area contributed by atoms with Crippen LogP contribution in [0.25, 0.3) is 0 Å². The van der Waals surface area contributed by atoms with Gasteiger partial charge in [-0.1, -0.05) is 18.2 Å². The number of nitro benzene ring substituents is 1. The molecule has 1 amide bonds. The molecule has 0 radical (unpaired) electrons. The van der Waals surface area contributed by atoms with E-state index in [4.69, 9.17) is 0 Å². The van der Waals surface area contributed by atoms with Crippen molar-refractivity contribution in [3.63, 3.8) is 0 Å². The lowest BCUT2D eigenvalue weighted by Crippen LogP contribution is -2.22. The monoisotopic (exact) mass is 317 g/mol. The van der Waals surface area contributed by atoms with Crippen LogP contribution in [0.4, 0.5) is 17.1 Å². The maximum absolute atomic E-state index is 12.0. The predicted molar refractivity (Wildman–Crippen MR) is 88.4 cm³/mol. The molecule has 2 rings (SSSR count). The highest BCUT2D eigenvalue weighted by Gasteiger charge is 2.08. The summed E-state index contributed by atoms with van der Waals surface area (Å²) in [6.45, 7) is 0.0316. The van der Waals surface area contributed by atoms with Crippen molar-refractivity contribution in [3.05, 3.63) is 58.6 Å². The van der Waals surface area contributed by atoms with Crippen molar-refractivity contribution < 1.29 is 9.72 Å². The molecule has 0 spiro atoms. The standard InChI is InChI=1S/C15H15N3O3S/c1-22-14-8-3-2-7-13(14)17-15(19)10-16-11-5-4-6-12(9-11)18(20)21/h2-9,16H,10H2,1H3,(H,17,19). The molecule has 0 unspecified atom stereocenters. The van der Waals surface area contributed by atoms with Gasteiger partial charge in [0.25, 0.3) is 5.69 Å². The Morgan fingerprint density at radius 1 is 1.23 bits per heavy atom. The Morgan fingerprint density at radius 2 is 2.00 bits per heavy atom. The second-order valence-electron chi connectivity index (χ2n) is 4.41. The van der Waals surface area contributed by atoms with E-state index >= 15 is 0 Å². The molecule has 7 heteroatoms. The number of benzene rings is 2. The van der Waals surface area contributed by atoms with Gasteiger partial charge in [-0.05, 0) is 24.5 Å². The third kappa shape index (κ3) is 4.23. The van der Waals surface area contributed by atoms with Gasteiger partial charge in [0.05, 0.1) is 17.2 Å². The van der Waals surface area contributed by atoms with Gasteiger partial charge in [0.2, 0.25) is 5.91 Å². The summed E-state index contributed by atoms with van der Waals surface area (Å²) in [5, 5.41) is 16.4. The van der Waals surface area contributed by atoms with E-state index < -0.39 is 4.92 Å². The van der Waals surface area contributed by atoms with Crippen LogP contribution in [-0.2, 0) is 4.79 Å². The van der Waals surface area contributed by atoms with Crippen LogP contribution in [0, 0.1) is 10.1 Å². The van der Waals surface area contributed by atoms with Crippen molar-refractivity contribution in [3.8, 4) is 0 Å². The molecule has 0 aromatic heterocycles. The zero-order chi connectivity index (χ0) is 15.9. The Morgan fingerprint density at radius 3 is 2.73 bits per heavy atom. The third-order valence-corrected chi connectivity index (χ3v) is 3.69. The fourth-order valence-electron chi connectivity index (χ4n) is 1.85. The summed E-state index contributed by atoms with van der Waals surface area (Å²) in [5.41, 5.74) is 1.27. The maximum atomic E-state index is 12.0. The van der Waals surface area contributed by atoms with Gasteiger partial charge < -0.3 is 10.6 Å². The molecular formula is C15H15N3O3S. The number of hydrogen-bond donors (Lipinski definition) is 2. The molecule has 2 N–H and O–H groups in total. The van der Waals surface area contributed by atoms with E-state index in [1.54, 1.807) is 23.9 Å². The lowest BCUT2D eigenvalue weighted by atomic mass is 10.3. The number of anilines is 2. The van der Waals surface area contributed by atoms with Crippen molar-refractivity contribution in [2.24, 2.45) is 0 Å². The zero-order valence-corrected chi connectivity index (χ0v) is 12.7. The van der Waals surface area contributed by atoms with Crippen LogP contribution in [0.3, 0.4) is 0 Å². The molecule has 0 aliphatic heterocycles. The SMILES string of the molecule is CSc1ccccc1NC(=O)CNc1cccc([N+](=O)[O-])c1. The van der Waals surface area contributed by atoms with Crippen LogP contribution in [0.2, 0.25) is 0 Å². The van der Waals surface area contributed by atoms with Crippen LogP contribution in [-0.4, -0.2) is 23.6 Å². The van der Waals surface area contributed by atoms with Crippen LogP contribution in [0.1, 0.15) is 0 Å². The number of rotatable bonds is 6. The first-order valence-corrected chi connectivity index (χ1v) is 7.74. The molecule has 0 atom stereocenters. The highest BCUT2D eigenvalue weighted by Crippen LogP contribution is 2.24. The molecule has 22 heavy (non-hydrogen) atoms. The van der Waals surface area contributed by atoms with Crippen molar-refractivity contribution in [2.45, 2.75) is 4.90 Å². The van der Waals surface area contributed by atoms with Gasteiger partial charge in [-0.2, -0.15) is 0 Å². The highest BCUT2D eigenvalue weighted by molar-refractivity contribution is 7.98. The second-order valence-corrected chi connectivity index (χ2v) is 5.26. The summed E-state index contributed by atoms with van der Waals surface area (Å²) in [7, 11) is 0. The number of carbonyl (C=O) groups is 1. The summed E-state index contributed by atoms with van der Waals surface area (Å²) in [5.74, 6) is -0.215. The van der Waals surface area contributed by atoms with Crippen molar-refractivity contribution in [2.75, 3.05) is 23.4 Å². The quantitative estimate of drug-likeness (QED) is 0.485. The summed E-state index contributed by atoms with van der Waals surface area (Å²) >= 11 is 1.55. The maximum Gasteiger partial charge on any atom is 0.271 e. The molecule has 0 aliphatic carbocycles. The average molecular weight is 317 g/mol. The van der Waals surface area contributed by atoms with Gasteiger partial charge in [0, 0.05) is 22.7 Å². The molecule has 2 aromatic rings.